The van der Waals surface area contributed by atoms with E-state index in [4.69, 9.17) is 18.0 Å². The molecule has 3 N–H and O–H groups in total. The van der Waals surface area contributed by atoms with E-state index in [1.165, 1.54) is 6.42 Å². The number of nitrogens with zero attached hydrogens (tertiary/aromatic N) is 2. The monoisotopic (exact) mass is 292 g/mol. The Kier molecular flexibility index (Phi) is 5.29. The van der Waals surface area contributed by atoms with Crippen LogP contribution in [0.1, 0.15) is 31.4 Å². The third-order valence-electron chi connectivity index (χ3n) is 3.40. The molecule has 0 aromatic carbocycles. The van der Waals surface area contributed by atoms with Gasteiger partial charge in [0.05, 0.1) is 5.69 Å². The summed E-state index contributed by atoms with van der Waals surface area (Å²) in [5, 5.41) is 3.19. The molecule has 1 saturated heterocycles. The number of nitrogens with two attached hydrogens (primary N) is 1. The van der Waals surface area contributed by atoms with E-state index in [0.29, 0.717) is 18.7 Å². The Morgan fingerprint density at radius 1 is 1.40 bits per heavy atom. The summed E-state index contributed by atoms with van der Waals surface area (Å²) in [6.07, 6.45) is 5.60. The van der Waals surface area contributed by atoms with Crippen LogP contribution in [0.2, 0.25) is 0 Å². The zero-order chi connectivity index (χ0) is 14.4. The average Bonchev–Trinajstić information content (AvgIpc) is 2.48. The number of thiocarbonyl (C=S) groups is 1. The number of nitrogens with one attached hydrogen (secondary N) is 1. The second kappa shape index (κ2) is 7.19. The third kappa shape index (κ3) is 3.90. The van der Waals surface area contributed by atoms with Gasteiger partial charge >= 0.3 is 0 Å². The van der Waals surface area contributed by atoms with Crippen molar-refractivity contribution in [2.45, 2.75) is 25.7 Å². The summed E-state index contributed by atoms with van der Waals surface area (Å²) in [6.45, 7) is 2.35. The first-order valence-corrected chi connectivity index (χ1v) is 7.36. The molecule has 20 heavy (non-hydrogen) atoms. The lowest BCUT2D eigenvalue weighted by Gasteiger charge is -2.26. The molecule has 0 aliphatic carbocycles. The first-order valence-electron chi connectivity index (χ1n) is 6.95. The van der Waals surface area contributed by atoms with E-state index < -0.39 is 0 Å². The third-order valence-corrected chi connectivity index (χ3v) is 3.60. The van der Waals surface area contributed by atoms with Crippen molar-refractivity contribution in [3.05, 3.63) is 24.0 Å². The maximum absolute atomic E-state index is 12.0. The lowest BCUT2D eigenvalue weighted by molar-refractivity contribution is -0.131. The van der Waals surface area contributed by atoms with Crippen molar-refractivity contribution in [1.29, 1.82) is 0 Å². The molecular formula is C14H20N4OS. The van der Waals surface area contributed by atoms with Crippen LogP contribution in [0.5, 0.6) is 0 Å². The van der Waals surface area contributed by atoms with Crippen LogP contribution in [0.4, 0.5) is 5.69 Å². The Bertz CT molecular complexity index is 486. The van der Waals surface area contributed by atoms with Gasteiger partial charge in [-0.2, -0.15) is 0 Å². The highest BCUT2D eigenvalue weighted by molar-refractivity contribution is 7.80. The number of rotatable bonds is 5. The molecule has 1 aromatic heterocycles. The smallest absolute Gasteiger partial charge is 0.224 e. The molecule has 1 amide bonds. The van der Waals surface area contributed by atoms with E-state index in [9.17, 15) is 4.79 Å². The second-order valence-electron chi connectivity index (χ2n) is 4.88. The van der Waals surface area contributed by atoms with E-state index >= 15 is 0 Å². The summed E-state index contributed by atoms with van der Waals surface area (Å²) in [6, 6.07) is 3.68. The Labute approximate surface area is 124 Å². The van der Waals surface area contributed by atoms with Gasteiger partial charge in [0.15, 0.2) is 0 Å². The van der Waals surface area contributed by atoms with Crippen molar-refractivity contribution in [2.24, 2.45) is 5.73 Å². The van der Waals surface area contributed by atoms with Gasteiger partial charge in [0.25, 0.3) is 0 Å². The molecular weight excluding hydrogens is 272 g/mol. The first kappa shape index (κ1) is 14.7. The van der Waals surface area contributed by atoms with Gasteiger partial charge in [-0.3, -0.25) is 9.78 Å². The van der Waals surface area contributed by atoms with E-state index in [1.54, 1.807) is 6.20 Å². The Morgan fingerprint density at radius 2 is 2.15 bits per heavy atom. The molecule has 6 heteroatoms. The molecule has 1 fully saturated rings. The lowest BCUT2D eigenvalue weighted by atomic mass is 10.1. The number of likely N-dealkylation sites (tertiary alicyclic amines) is 1. The van der Waals surface area contributed by atoms with E-state index in [2.05, 4.69) is 10.3 Å². The first-order chi connectivity index (χ1) is 9.68. The van der Waals surface area contributed by atoms with Crippen molar-refractivity contribution in [3.8, 4) is 0 Å². The summed E-state index contributed by atoms with van der Waals surface area (Å²) in [4.78, 5) is 18.4. The van der Waals surface area contributed by atoms with Crippen LogP contribution in [0, 0.1) is 0 Å². The summed E-state index contributed by atoms with van der Waals surface area (Å²) in [5.41, 5.74) is 6.98. The van der Waals surface area contributed by atoms with Crippen LogP contribution in [-0.4, -0.2) is 40.4 Å². The van der Waals surface area contributed by atoms with Crippen LogP contribution < -0.4 is 11.1 Å². The molecule has 0 bridgehead atoms. The van der Waals surface area contributed by atoms with E-state index in [1.807, 2.05) is 17.0 Å². The Morgan fingerprint density at radius 3 is 2.85 bits per heavy atom. The Balaban J connectivity index is 1.83. The molecule has 0 saturated carbocycles. The Hall–Kier alpha value is -1.69. The fourth-order valence-electron chi connectivity index (χ4n) is 2.35. The van der Waals surface area contributed by atoms with Crippen molar-refractivity contribution >= 4 is 28.8 Å². The SMILES string of the molecule is NC(=S)c1ncccc1NCCC(=O)N1CCCCC1. The molecule has 2 rings (SSSR count). The van der Waals surface area contributed by atoms with Gasteiger partial charge in [-0.1, -0.05) is 12.2 Å². The van der Waals surface area contributed by atoms with Gasteiger partial charge in [-0.05, 0) is 31.4 Å². The zero-order valence-corrected chi connectivity index (χ0v) is 12.3. The topological polar surface area (TPSA) is 71.2 Å². The lowest BCUT2D eigenvalue weighted by Crippen LogP contribution is -2.36. The number of hydrogen-bond acceptors (Lipinski definition) is 4. The maximum atomic E-state index is 12.0. The summed E-state index contributed by atoms with van der Waals surface area (Å²) in [7, 11) is 0. The molecule has 0 spiro atoms. The number of anilines is 1. The minimum Gasteiger partial charge on any atom is -0.388 e. The fraction of sp³-hybridized carbons (Fsp3) is 0.500. The summed E-state index contributed by atoms with van der Waals surface area (Å²) < 4.78 is 0. The molecule has 1 aliphatic heterocycles. The number of aromatic nitrogens is 1. The minimum absolute atomic E-state index is 0.206. The largest absolute Gasteiger partial charge is 0.388 e. The van der Waals surface area contributed by atoms with Gasteiger partial charge in [-0.15, -0.1) is 0 Å². The maximum Gasteiger partial charge on any atom is 0.224 e. The predicted octanol–water partition coefficient (Wildman–Crippen LogP) is 1.53. The number of piperidine rings is 1. The van der Waals surface area contributed by atoms with Crippen LogP contribution in [0.25, 0.3) is 0 Å². The van der Waals surface area contributed by atoms with Gasteiger partial charge in [0, 0.05) is 32.3 Å². The molecule has 0 atom stereocenters. The molecule has 108 valence electrons. The van der Waals surface area contributed by atoms with Gasteiger partial charge in [0.1, 0.15) is 10.7 Å². The molecule has 1 aliphatic rings. The predicted molar refractivity (Wildman–Crippen MR) is 83.7 cm³/mol. The van der Waals surface area contributed by atoms with E-state index in [-0.39, 0.29) is 10.9 Å². The zero-order valence-electron chi connectivity index (χ0n) is 11.5. The summed E-state index contributed by atoms with van der Waals surface area (Å²) >= 11 is 4.95. The quantitative estimate of drug-likeness (QED) is 0.805. The normalized spacial score (nSPS) is 14.9. The molecule has 1 aromatic rings. The van der Waals surface area contributed by atoms with Gasteiger partial charge < -0.3 is 16.0 Å². The van der Waals surface area contributed by atoms with Crippen LogP contribution >= 0.6 is 12.2 Å². The number of carbonyl (C=O) groups excluding carboxylic acids is 1. The van der Waals surface area contributed by atoms with Crippen LogP contribution in [0.15, 0.2) is 18.3 Å². The number of pyridine rings is 1. The molecule has 0 radical (unpaired) electrons. The highest BCUT2D eigenvalue weighted by Gasteiger charge is 2.16. The van der Waals surface area contributed by atoms with Crippen molar-refractivity contribution in [1.82, 2.24) is 9.88 Å². The van der Waals surface area contributed by atoms with Crippen LogP contribution in [0.3, 0.4) is 0 Å². The highest BCUT2D eigenvalue weighted by Crippen LogP contribution is 2.13. The molecule has 2 heterocycles. The number of carbonyl (C=O) groups is 1. The standard InChI is InChI=1S/C14H20N4OS/c15-14(20)13-11(5-4-7-17-13)16-8-6-12(19)18-9-2-1-3-10-18/h4-5,7,16H,1-3,6,8-10H2,(H2,15,20). The van der Waals surface area contributed by atoms with Crippen molar-refractivity contribution < 1.29 is 4.79 Å². The summed E-state index contributed by atoms with van der Waals surface area (Å²) in [5.74, 6) is 0.206. The number of hydrogen-bond donors (Lipinski definition) is 2. The minimum atomic E-state index is 0.206. The fourth-order valence-corrected chi connectivity index (χ4v) is 2.51. The van der Waals surface area contributed by atoms with E-state index in [0.717, 1.165) is 31.6 Å². The number of amides is 1. The second-order valence-corrected chi connectivity index (χ2v) is 5.32. The average molecular weight is 292 g/mol. The van der Waals surface area contributed by atoms with Crippen LogP contribution in [-0.2, 0) is 4.79 Å². The van der Waals surface area contributed by atoms with Gasteiger partial charge in [-0.25, -0.2) is 0 Å². The molecule has 5 nitrogen and oxygen atoms in total. The van der Waals surface area contributed by atoms with Crippen molar-refractivity contribution in [3.63, 3.8) is 0 Å². The van der Waals surface area contributed by atoms with Crippen molar-refractivity contribution in [2.75, 3.05) is 25.0 Å². The molecule has 0 unspecified atom stereocenters. The van der Waals surface area contributed by atoms with Gasteiger partial charge in [0.2, 0.25) is 5.91 Å². The highest BCUT2D eigenvalue weighted by atomic mass is 32.1.